The molecular weight excluding hydrogens is 146 g/mol. The van der Waals surface area contributed by atoms with Gasteiger partial charge in [-0.2, -0.15) is 0 Å². The lowest BCUT2D eigenvalue weighted by Crippen LogP contribution is -1.65. The molecule has 10 heavy (non-hydrogen) atoms. The standard InChI is InChI=1S/C6H5N3S/c1-5(8-9-7)6-3-2-4-10-6/h2-4H,1H2. The van der Waals surface area contributed by atoms with Gasteiger partial charge < -0.3 is 0 Å². The van der Waals surface area contributed by atoms with E-state index in [2.05, 4.69) is 16.6 Å². The van der Waals surface area contributed by atoms with Gasteiger partial charge >= 0.3 is 0 Å². The third kappa shape index (κ3) is 1.37. The van der Waals surface area contributed by atoms with Crippen LogP contribution < -0.4 is 0 Å². The molecule has 0 N–H and O–H groups in total. The monoisotopic (exact) mass is 151 g/mol. The number of nitrogens with zero attached hydrogens (tertiary/aromatic N) is 3. The van der Waals surface area contributed by atoms with Crippen molar-refractivity contribution in [3.8, 4) is 0 Å². The van der Waals surface area contributed by atoms with Crippen molar-refractivity contribution in [3.05, 3.63) is 39.4 Å². The fraction of sp³-hybridized carbons (Fsp3) is 0. The Bertz CT molecular complexity index is 269. The molecule has 4 heteroatoms. The van der Waals surface area contributed by atoms with Crippen molar-refractivity contribution in [1.29, 1.82) is 0 Å². The maximum Gasteiger partial charge on any atom is 0.0475 e. The summed E-state index contributed by atoms with van der Waals surface area (Å²) in [5.74, 6) is 0. The average Bonchev–Trinajstić information content (AvgIpc) is 2.38. The molecule has 0 aromatic carbocycles. The zero-order chi connectivity index (χ0) is 7.40. The SMILES string of the molecule is C=C(N=[N+]=[N-])c1cccs1. The number of thiophene rings is 1. The normalized spacial score (nSPS) is 8.40. The Labute approximate surface area is 62.2 Å². The van der Waals surface area contributed by atoms with Crippen molar-refractivity contribution in [2.75, 3.05) is 0 Å². The highest BCUT2D eigenvalue weighted by molar-refractivity contribution is 7.11. The lowest BCUT2D eigenvalue weighted by atomic mass is 10.4. The topological polar surface area (TPSA) is 48.8 Å². The summed E-state index contributed by atoms with van der Waals surface area (Å²) in [5, 5.41) is 5.27. The van der Waals surface area contributed by atoms with E-state index in [1.807, 2.05) is 17.5 Å². The number of rotatable bonds is 2. The first-order chi connectivity index (χ1) is 4.84. The lowest BCUT2D eigenvalue weighted by Gasteiger charge is -1.87. The Kier molecular flexibility index (Phi) is 2.10. The van der Waals surface area contributed by atoms with Crippen molar-refractivity contribution in [1.82, 2.24) is 0 Å². The smallest absolute Gasteiger partial charge is 0.0475 e. The fourth-order valence-electron chi connectivity index (χ4n) is 0.546. The molecule has 0 aliphatic heterocycles. The van der Waals surface area contributed by atoms with Gasteiger partial charge in [-0.1, -0.05) is 17.8 Å². The van der Waals surface area contributed by atoms with Gasteiger partial charge in [-0.25, -0.2) is 0 Å². The molecule has 0 saturated carbocycles. The van der Waals surface area contributed by atoms with Crippen LogP contribution in [0, 0.1) is 0 Å². The summed E-state index contributed by atoms with van der Waals surface area (Å²) < 4.78 is 0. The lowest BCUT2D eigenvalue weighted by molar-refractivity contribution is 1.54. The van der Waals surface area contributed by atoms with Gasteiger partial charge in [0.05, 0.1) is 0 Å². The highest BCUT2D eigenvalue weighted by Gasteiger charge is 1.93. The fourth-order valence-corrected chi connectivity index (χ4v) is 1.18. The van der Waals surface area contributed by atoms with Crippen LogP contribution in [0.3, 0.4) is 0 Å². The van der Waals surface area contributed by atoms with Crippen LogP contribution in [-0.2, 0) is 0 Å². The summed E-state index contributed by atoms with van der Waals surface area (Å²) in [6, 6.07) is 3.75. The van der Waals surface area contributed by atoms with E-state index in [4.69, 9.17) is 5.53 Å². The molecular formula is C6H5N3S. The van der Waals surface area contributed by atoms with E-state index < -0.39 is 0 Å². The summed E-state index contributed by atoms with van der Waals surface area (Å²) in [6.45, 7) is 3.58. The third-order valence-corrected chi connectivity index (χ3v) is 1.89. The summed E-state index contributed by atoms with van der Waals surface area (Å²) in [4.78, 5) is 3.54. The largest absolute Gasteiger partial charge is 0.144 e. The predicted molar refractivity (Wildman–Crippen MR) is 42.5 cm³/mol. The summed E-state index contributed by atoms with van der Waals surface area (Å²) >= 11 is 1.51. The van der Waals surface area contributed by atoms with Crippen molar-refractivity contribution in [2.45, 2.75) is 0 Å². The molecule has 0 spiro atoms. The van der Waals surface area contributed by atoms with Crippen molar-refractivity contribution >= 4 is 17.0 Å². The zero-order valence-electron chi connectivity index (χ0n) is 5.19. The molecule has 0 bridgehead atoms. The van der Waals surface area contributed by atoms with Gasteiger partial charge in [-0.15, -0.1) is 11.3 Å². The second-order valence-corrected chi connectivity index (χ2v) is 2.56. The first kappa shape index (κ1) is 6.86. The van der Waals surface area contributed by atoms with Gasteiger partial charge in [-0.3, -0.25) is 0 Å². The van der Waals surface area contributed by atoms with Crippen molar-refractivity contribution < 1.29 is 0 Å². The van der Waals surface area contributed by atoms with Gasteiger partial charge in [-0.05, 0) is 17.0 Å². The van der Waals surface area contributed by atoms with E-state index in [-0.39, 0.29) is 0 Å². The second kappa shape index (κ2) is 3.06. The van der Waals surface area contributed by atoms with Gasteiger partial charge in [0.1, 0.15) is 0 Å². The molecule has 1 aromatic heterocycles. The molecule has 0 amide bonds. The van der Waals surface area contributed by atoms with Crippen LogP contribution in [0.25, 0.3) is 16.1 Å². The van der Waals surface area contributed by atoms with E-state index in [1.54, 1.807) is 0 Å². The molecule has 1 rings (SSSR count). The maximum atomic E-state index is 8.04. The van der Waals surface area contributed by atoms with Crippen LogP contribution in [-0.4, -0.2) is 0 Å². The van der Waals surface area contributed by atoms with E-state index in [1.165, 1.54) is 11.3 Å². The molecule has 0 saturated heterocycles. The highest BCUT2D eigenvalue weighted by Crippen LogP contribution is 2.18. The zero-order valence-corrected chi connectivity index (χ0v) is 6.01. The third-order valence-electron chi connectivity index (χ3n) is 0.971. The Hall–Kier alpha value is -1.25. The minimum Gasteiger partial charge on any atom is -0.144 e. The molecule has 3 nitrogen and oxygen atoms in total. The number of hydrogen-bond donors (Lipinski definition) is 0. The Balaban J connectivity index is 2.87. The minimum absolute atomic E-state index is 0.484. The highest BCUT2D eigenvalue weighted by atomic mass is 32.1. The van der Waals surface area contributed by atoms with Crippen LogP contribution in [0.5, 0.6) is 0 Å². The van der Waals surface area contributed by atoms with Crippen LogP contribution in [0.1, 0.15) is 4.88 Å². The maximum absolute atomic E-state index is 8.04. The van der Waals surface area contributed by atoms with Gasteiger partial charge in [0.25, 0.3) is 0 Å². The van der Waals surface area contributed by atoms with E-state index in [0.29, 0.717) is 5.70 Å². The van der Waals surface area contributed by atoms with Gasteiger partial charge in [0.15, 0.2) is 0 Å². The molecule has 0 atom stereocenters. The quantitative estimate of drug-likeness (QED) is 0.354. The van der Waals surface area contributed by atoms with Crippen LogP contribution in [0.2, 0.25) is 0 Å². The summed E-state index contributed by atoms with van der Waals surface area (Å²) in [7, 11) is 0. The Morgan fingerprint density at radius 2 is 2.60 bits per heavy atom. The minimum atomic E-state index is 0.484. The molecule has 50 valence electrons. The van der Waals surface area contributed by atoms with Crippen LogP contribution in [0.15, 0.2) is 29.2 Å². The average molecular weight is 151 g/mol. The van der Waals surface area contributed by atoms with Crippen LogP contribution in [0.4, 0.5) is 0 Å². The predicted octanol–water partition coefficient (Wildman–Crippen LogP) is 3.03. The molecule has 0 aliphatic rings. The Morgan fingerprint density at radius 1 is 1.80 bits per heavy atom. The van der Waals surface area contributed by atoms with E-state index in [0.717, 1.165) is 4.88 Å². The second-order valence-electron chi connectivity index (χ2n) is 1.61. The molecule has 0 unspecified atom stereocenters. The number of azide groups is 1. The van der Waals surface area contributed by atoms with Crippen molar-refractivity contribution in [3.63, 3.8) is 0 Å². The van der Waals surface area contributed by atoms with Crippen LogP contribution >= 0.6 is 11.3 Å². The van der Waals surface area contributed by atoms with Gasteiger partial charge in [0, 0.05) is 15.5 Å². The first-order valence-electron chi connectivity index (χ1n) is 2.62. The molecule has 0 fully saturated rings. The summed E-state index contributed by atoms with van der Waals surface area (Å²) in [6.07, 6.45) is 0. The van der Waals surface area contributed by atoms with E-state index >= 15 is 0 Å². The van der Waals surface area contributed by atoms with Gasteiger partial charge in [0.2, 0.25) is 0 Å². The molecule has 0 aliphatic carbocycles. The number of hydrogen-bond acceptors (Lipinski definition) is 2. The Morgan fingerprint density at radius 3 is 3.10 bits per heavy atom. The molecule has 0 radical (unpaired) electrons. The molecule has 1 heterocycles. The molecule has 1 aromatic rings. The van der Waals surface area contributed by atoms with Crippen molar-refractivity contribution in [2.24, 2.45) is 5.11 Å². The van der Waals surface area contributed by atoms with E-state index in [9.17, 15) is 0 Å². The first-order valence-corrected chi connectivity index (χ1v) is 3.50. The summed E-state index contributed by atoms with van der Waals surface area (Å²) in [5.41, 5.74) is 8.52.